The molecule has 1 aliphatic carbocycles. The Labute approximate surface area is 108 Å². The van der Waals surface area contributed by atoms with Crippen molar-refractivity contribution in [2.75, 3.05) is 0 Å². The Morgan fingerprint density at radius 1 is 1.35 bits per heavy atom. The van der Waals surface area contributed by atoms with E-state index >= 15 is 0 Å². The summed E-state index contributed by atoms with van der Waals surface area (Å²) in [6.45, 7) is 15.5. The third-order valence-corrected chi connectivity index (χ3v) is 8.73. The third kappa shape index (κ3) is 3.82. The minimum absolute atomic E-state index is 0.290. The molecule has 17 heavy (non-hydrogen) atoms. The second-order valence-corrected chi connectivity index (χ2v) is 11.4. The average Bonchev–Trinajstić information content (AvgIpc) is 2.67. The van der Waals surface area contributed by atoms with Crippen LogP contribution in [-0.4, -0.2) is 14.4 Å². The lowest BCUT2D eigenvalue weighted by Crippen LogP contribution is -2.45. The van der Waals surface area contributed by atoms with Crippen LogP contribution in [0, 0.1) is 5.92 Å². The monoisotopic (exact) mass is 252 g/mol. The highest BCUT2D eigenvalue weighted by atomic mass is 28.4. The molecule has 0 aliphatic heterocycles. The predicted molar refractivity (Wildman–Crippen MR) is 78.7 cm³/mol. The van der Waals surface area contributed by atoms with Gasteiger partial charge in [-0.25, -0.2) is 0 Å². The van der Waals surface area contributed by atoms with Crippen molar-refractivity contribution in [2.45, 2.75) is 64.3 Å². The van der Waals surface area contributed by atoms with E-state index in [9.17, 15) is 0 Å². The molecule has 0 saturated carbocycles. The van der Waals surface area contributed by atoms with Crippen LogP contribution in [0.2, 0.25) is 18.1 Å². The lowest BCUT2D eigenvalue weighted by atomic mass is 9.98. The fraction of sp³-hybridized carbons (Fsp3) is 0.733. The maximum absolute atomic E-state index is 6.55. The van der Waals surface area contributed by atoms with Crippen molar-refractivity contribution in [1.82, 2.24) is 0 Å². The minimum atomic E-state index is -1.65. The highest BCUT2D eigenvalue weighted by Gasteiger charge is 2.40. The van der Waals surface area contributed by atoms with Crippen molar-refractivity contribution < 1.29 is 4.43 Å². The SMILES string of the molecule is C=CCC(O[Si](C)(C)C(C)(C)C)C1CC=CC1. The van der Waals surface area contributed by atoms with Gasteiger partial charge in [0.1, 0.15) is 0 Å². The van der Waals surface area contributed by atoms with Gasteiger partial charge in [-0.2, -0.15) is 0 Å². The van der Waals surface area contributed by atoms with E-state index < -0.39 is 8.32 Å². The fourth-order valence-electron chi connectivity index (χ4n) is 2.00. The zero-order chi connectivity index (χ0) is 13.1. The van der Waals surface area contributed by atoms with Gasteiger partial charge in [-0.15, -0.1) is 6.58 Å². The topological polar surface area (TPSA) is 9.23 Å². The summed E-state index contributed by atoms with van der Waals surface area (Å²) >= 11 is 0. The molecule has 0 aromatic rings. The van der Waals surface area contributed by atoms with E-state index in [2.05, 4.69) is 52.6 Å². The number of hydrogen-bond acceptors (Lipinski definition) is 1. The molecule has 98 valence electrons. The number of rotatable bonds is 5. The standard InChI is InChI=1S/C15H28OSi/c1-7-10-14(13-11-8-9-12-13)16-17(5,6)15(2,3)4/h7-9,13-14H,1,10-12H2,2-6H3. The maximum atomic E-state index is 6.55. The first kappa shape index (κ1) is 14.7. The van der Waals surface area contributed by atoms with Gasteiger partial charge < -0.3 is 4.43 Å². The van der Waals surface area contributed by atoms with Crippen LogP contribution >= 0.6 is 0 Å². The van der Waals surface area contributed by atoms with Gasteiger partial charge in [0.15, 0.2) is 8.32 Å². The van der Waals surface area contributed by atoms with Crippen LogP contribution in [0.15, 0.2) is 24.8 Å². The van der Waals surface area contributed by atoms with Crippen molar-refractivity contribution in [3.63, 3.8) is 0 Å². The van der Waals surface area contributed by atoms with Crippen LogP contribution in [0.5, 0.6) is 0 Å². The van der Waals surface area contributed by atoms with Crippen molar-refractivity contribution in [3.05, 3.63) is 24.8 Å². The summed E-state index contributed by atoms with van der Waals surface area (Å²) < 4.78 is 6.55. The Kier molecular flexibility index (Phi) is 4.79. The van der Waals surface area contributed by atoms with Gasteiger partial charge in [0.25, 0.3) is 0 Å². The maximum Gasteiger partial charge on any atom is 0.192 e. The molecular weight excluding hydrogens is 224 g/mol. The molecule has 0 saturated heterocycles. The van der Waals surface area contributed by atoms with Crippen molar-refractivity contribution in [1.29, 1.82) is 0 Å². The second-order valence-electron chi connectivity index (χ2n) is 6.64. The van der Waals surface area contributed by atoms with Gasteiger partial charge in [0.05, 0.1) is 6.10 Å². The molecule has 0 fully saturated rings. The quantitative estimate of drug-likeness (QED) is 0.498. The Hall–Kier alpha value is -0.343. The summed E-state index contributed by atoms with van der Waals surface area (Å²) in [5, 5.41) is 0.290. The molecule has 1 atom stereocenters. The van der Waals surface area contributed by atoms with Gasteiger partial charge in [-0.05, 0) is 43.3 Å². The molecule has 0 radical (unpaired) electrons. The van der Waals surface area contributed by atoms with E-state index in [0.717, 1.165) is 6.42 Å². The second kappa shape index (κ2) is 5.53. The fourth-order valence-corrected chi connectivity index (χ4v) is 3.40. The molecule has 2 heteroatoms. The summed E-state index contributed by atoms with van der Waals surface area (Å²) in [6.07, 6.45) is 10.3. The van der Waals surface area contributed by atoms with E-state index in [4.69, 9.17) is 4.43 Å². The van der Waals surface area contributed by atoms with Gasteiger partial charge in [0, 0.05) is 0 Å². The third-order valence-electron chi connectivity index (χ3n) is 4.22. The molecule has 1 aliphatic rings. The van der Waals surface area contributed by atoms with Crippen LogP contribution in [0.4, 0.5) is 0 Å². The summed E-state index contributed by atoms with van der Waals surface area (Å²) in [7, 11) is -1.65. The van der Waals surface area contributed by atoms with Gasteiger partial charge in [0.2, 0.25) is 0 Å². The molecule has 1 nitrogen and oxygen atoms in total. The lowest BCUT2D eigenvalue weighted by molar-refractivity contribution is 0.125. The van der Waals surface area contributed by atoms with Crippen LogP contribution in [0.25, 0.3) is 0 Å². The van der Waals surface area contributed by atoms with Gasteiger partial charge in [-0.3, -0.25) is 0 Å². The summed E-state index contributed by atoms with van der Waals surface area (Å²) in [5.74, 6) is 0.669. The number of hydrogen-bond donors (Lipinski definition) is 0. The predicted octanol–water partition coefficient (Wildman–Crippen LogP) is 4.92. The molecule has 0 bridgehead atoms. The van der Waals surface area contributed by atoms with Crippen molar-refractivity contribution in [3.8, 4) is 0 Å². The van der Waals surface area contributed by atoms with Crippen molar-refractivity contribution in [2.24, 2.45) is 5.92 Å². The Bertz CT molecular complexity index is 278. The van der Waals surface area contributed by atoms with Crippen LogP contribution < -0.4 is 0 Å². The Morgan fingerprint density at radius 2 is 1.88 bits per heavy atom. The van der Waals surface area contributed by atoms with Crippen LogP contribution in [0.3, 0.4) is 0 Å². The molecular formula is C15H28OSi. The molecule has 0 aromatic carbocycles. The average molecular weight is 252 g/mol. The largest absolute Gasteiger partial charge is 0.413 e. The first-order valence-electron chi connectivity index (χ1n) is 6.71. The Morgan fingerprint density at radius 3 is 2.29 bits per heavy atom. The zero-order valence-electron chi connectivity index (χ0n) is 12.1. The number of allylic oxidation sites excluding steroid dienone is 2. The molecule has 1 rings (SSSR count). The van der Waals surface area contributed by atoms with Gasteiger partial charge >= 0.3 is 0 Å². The molecule has 0 aromatic heterocycles. The summed E-state index contributed by atoms with van der Waals surface area (Å²) in [5.41, 5.74) is 0. The van der Waals surface area contributed by atoms with Crippen molar-refractivity contribution >= 4 is 8.32 Å². The zero-order valence-corrected chi connectivity index (χ0v) is 13.1. The summed E-state index contributed by atoms with van der Waals surface area (Å²) in [6, 6.07) is 0. The van der Waals surface area contributed by atoms with E-state index in [1.54, 1.807) is 0 Å². The van der Waals surface area contributed by atoms with Gasteiger partial charge in [-0.1, -0.05) is 39.0 Å². The molecule has 0 N–H and O–H groups in total. The molecule has 1 unspecified atom stereocenters. The summed E-state index contributed by atoms with van der Waals surface area (Å²) in [4.78, 5) is 0. The van der Waals surface area contributed by atoms with Crippen LogP contribution in [-0.2, 0) is 4.43 Å². The highest BCUT2D eigenvalue weighted by molar-refractivity contribution is 6.74. The van der Waals surface area contributed by atoms with E-state index in [1.165, 1.54) is 12.8 Å². The van der Waals surface area contributed by atoms with E-state index in [-0.39, 0.29) is 0 Å². The Balaban J connectivity index is 2.69. The first-order valence-corrected chi connectivity index (χ1v) is 9.62. The van der Waals surface area contributed by atoms with E-state index in [0.29, 0.717) is 17.1 Å². The molecule has 0 spiro atoms. The van der Waals surface area contributed by atoms with E-state index in [1.807, 2.05) is 6.08 Å². The minimum Gasteiger partial charge on any atom is -0.413 e. The smallest absolute Gasteiger partial charge is 0.192 e. The normalized spacial score (nSPS) is 19.6. The molecule has 0 amide bonds. The first-order chi connectivity index (χ1) is 7.78. The lowest BCUT2D eigenvalue weighted by Gasteiger charge is -2.40. The highest BCUT2D eigenvalue weighted by Crippen LogP contribution is 2.39. The molecule has 0 heterocycles. The van der Waals surface area contributed by atoms with Crippen LogP contribution in [0.1, 0.15) is 40.0 Å².